The predicted octanol–water partition coefficient (Wildman–Crippen LogP) is -1.56. The summed E-state index contributed by atoms with van der Waals surface area (Å²) in [6, 6.07) is 0. The molecule has 0 radical (unpaired) electrons. The minimum atomic E-state index is -5.03. The van der Waals surface area contributed by atoms with Crippen LogP contribution in [0.3, 0.4) is 0 Å². The molecule has 1 fully saturated rings. The van der Waals surface area contributed by atoms with E-state index in [2.05, 4.69) is 21.8 Å². The zero-order valence-corrected chi connectivity index (χ0v) is 14.6. The smallest absolute Gasteiger partial charge is 0.394 e. The fourth-order valence-corrected chi connectivity index (χ4v) is 2.91. The average Bonchev–Trinajstić information content (AvgIpc) is 3.18. The molecule has 29 heavy (non-hydrogen) atoms. The van der Waals surface area contributed by atoms with Crippen LogP contribution in [0.25, 0.3) is 11.0 Å². The second-order valence-electron chi connectivity index (χ2n) is 6.21. The number of halogens is 3. The van der Waals surface area contributed by atoms with Crippen molar-refractivity contribution in [2.24, 2.45) is 0 Å². The first-order valence-electron chi connectivity index (χ1n) is 8.18. The van der Waals surface area contributed by atoms with Gasteiger partial charge in [-0.05, 0) is 0 Å². The molecule has 6 N–H and O–H groups in total. The van der Waals surface area contributed by atoms with Crippen molar-refractivity contribution in [1.82, 2.24) is 19.9 Å². The molecule has 0 saturated carbocycles. The summed E-state index contributed by atoms with van der Waals surface area (Å²) in [5, 5.41) is 32.3. The Morgan fingerprint density at radius 1 is 1.48 bits per heavy atom. The van der Waals surface area contributed by atoms with Gasteiger partial charge in [0.05, 0.1) is 30.7 Å². The molecule has 3 unspecified atom stereocenters. The summed E-state index contributed by atoms with van der Waals surface area (Å²) in [7, 11) is 0. The topological polar surface area (TPSA) is 156 Å². The maximum absolute atomic E-state index is 12.2. The molecule has 0 spiro atoms. The van der Waals surface area contributed by atoms with E-state index in [1.165, 1.54) is 6.20 Å². The number of ether oxygens (including phenoxy) is 1. The lowest BCUT2D eigenvalue weighted by molar-refractivity contribution is -0.173. The molecule has 2 aromatic rings. The maximum atomic E-state index is 12.2. The van der Waals surface area contributed by atoms with Crippen LogP contribution in [-0.4, -0.2) is 73.9 Å². The van der Waals surface area contributed by atoms with Crippen LogP contribution in [0.15, 0.2) is 12.5 Å². The van der Waals surface area contributed by atoms with Crippen LogP contribution in [0.1, 0.15) is 5.56 Å². The number of aromatic nitrogens is 3. The Labute approximate surface area is 161 Å². The van der Waals surface area contributed by atoms with Crippen LogP contribution in [0.5, 0.6) is 0 Å². The van der Waals surface area contributed by atoms with Crippen molar-refractivity contribution in [3.05, 3.63) is 18.1 Å². The minimum Gasteiger partial charge on any atom is -0.394 e. The fraction of sp³-hybridized carbons (Fsp3) is 0.438. The fourth-order valence-electron chi connectivity index (χ4n) is 2.91. The van der Waals surface area contributed by atoms with Crippen molar-refractivity contribution in [2.45, 2.75) is 24.1 Å². The van der Waals surface area contributed by atoms with Gasteiger partial charge in [-0.1, -0.05) is 11.8 Å². The van der Waals surface area contributed by atoms with Gasteiger partial charge in [0.15, 0.2) is 5.72 Å². The van der Waals surface area contributed by atoms with Gasteiger partial charge in [0.1, 0.15) is 30.0 Å². The highest BCUT2D eigenvalue weighted by Crippen LogP contribution is 2.34. The van der Waals surface area contributed by atoms with E-state index < -0.39 is 43.2 Å². The largest absolute Gasteiger partial charge is 0.471 e. The number of carbonyl (C=O) groups excluding carboxylic acids is 1. The van der Waals surface area contributed by atoms with Crippen molar-refractivity contribution in [3.8, 4) is 11.8 Å². The number of anilines is 1. The number of aliphatic hydroxyl groups excluding tert-OH is 2. The highest BCUT2D eigenvalue weighted by Gasteiger charge is 2.50. The number of nitrogen functional groups attached to an aromatic ring is 1. The number of hydrogen-bond donors (Lipinski definition) is 5. The van der Waals surface area contributed by atoms with Crippen molar-refractivity contribution in [2.75, 3.05) is 25.5 Å². The van der Waals surface area contributed by atoms with Gasteiger partial charge in [-0.25, -0.2) is 9.97 Å². The van der Waals surface area contributed by atoms with E-state index >= 15 is 0 Å². The number of aliphatic hydroxyl groups is 3. The predicted molar refractivity (Wildman–Crippen MR) is 90.9 cm³/mol. The Morgan fingerprint density at radius 2 is 2.21 bits per heavy atom. The molecule has 3 heterocycles. The van der Waals surface area contributed by atoms with Gasteiger partial charge in [-0.3, -0.25) is 9.36 Å². The summed E-state index contributed by atoms with van der Waals surface area (Å²) in [6.45, 7) is -1.51. The summed E-state index contributed by atoms with van der Waals surface area (Å²) in [6.07, 6.45) is -5.18. The summed E-state index contributed by atoms with van der Waals surface area (Å²) in [4.78, 5) is 18.7. The SMILES string of the molecule is Nc1ncnc2c1c(C#CCNC(=O)C(F)(F)F)cn2C1(O)COC(CO)C1O. The van der Waals surface area contributed by atoms with Crippen LogP contribution < -0.4 is 11.1 Å². The molecule has 3 rings (SSSR count). The molecule has 1 aliphatic heterocycles. The van der Waals surface area contributed by atoms with E-state index in [0.717, 1.165) is 10.9 Å². The molecule has 3 atom stereocenters. The molecule has 0 aromatic carbocycles. The van der Waals surface area contributed by atoms with Gasteiger partial charge < -0.3 is 31.1 Å². The van der Waals surface area contributed by atoms with Crippen molar-refractivity contribution < 1.29 is 38.0 Å². The number of rotatable bonds is 3. The van der Waals surface area contributed by atoms with Gasteiger partial charge >= 0.3 is 12.1 Å². The van der Waals surface area contributed by atoms with Crippen molar-refractivity contribution in [1.29, 1.82) is 0 Å². The van der Waals surface area contributed by atoms with E-state index in [1.807, 2.05) is 0 Å². The molecule has 0 aliphatic carbocycles. The van der Waals surface area contributed by atoms with Crippen molar-refractivity contribution in [3.63, 3.8) is 0 Å². The van der Waals surface area contributed by atoms with Gasteiger partial charge in [0.25, 0.3) is 0 Å². The lowest BCUT2D eigenvalue weighted by atomic mass is 10.1. The standard InChI is InChI=1S/C16H16F3N5O5/c17-16(18,19)14(27)21-3-1-2-8-4-24(13-10(8)12(20)22-7-23-13)15(28)6-29-9(5-25)11(15)26/h4,7,9,11,25-26,28H,3,5-6H2,(H,21,27)(H2,20,22,23). The lowest BCUT2D eigenvalue weighted by Crippen LogP contribution is -2.46. The monoisotopic (exact) mass is 415 g/mol. The second-order valence-corrected chi connectivity index (χ2v) is 6.21. The van der Waals surface area contributed by atoms with E-state index in [1.54, 1.807) is 5.32 Å². The van der Waals surface area contributed by atoms with Gasteiger partial charge in [-0.15, -0.1) is 0 Å². The number of amides is 1. The maximum Gasteiger partial charge on any atom is 0.471 e. The third-order valence-electron chi connectivity index (χ3n) is 4.36. The van der Waals surface area contributed by atoms with Crippen LogP contribution in [-0.2, 0) is 15.3 Å². The van der Waals surface area contributed by atoms with Crippen LogP contribution in [0.2, 0.25) is 0 Å². The van der Waals surface area contributed by atoms with Crippen LogP contribution in [0.4, 0.5) is 19.0 Å². The number of hydrogen-bond acceptors (Lipinski definition) is 8. The van der Waals surface area contributed by atoms with Gasteiger partial charge in [0, 0.05) is 6.20 Å². The number of nitrogens with two attached hydrogens (primary N) is 1. The molecular formula is C16H16F3N5O5. The highest BCUT2D eigenvalue weighted by molar-refractivity contribution is 5.92. The van der Waals surface area contributed by atoms with Crippen LogP contribution in [0, 0.1) is 11.8 Å². The van der Waals surface area contributed by atoms with E-state index in [4.69, 9.17) is 10.5 Å². The molecule has 2 aromatic heterocycles. The number of carbonyl (C=O) groups is 1. The number of nitrogens with zero attached hydrogens (tertiary/aromatic N) is 3. The summed E-state index contributed by atoms with van der Waals surface area (Å²) in [5.74, 6) is 2.74. The molecule has 10 nitrogen and oxygen atoms in total. The normalized spacial score (nSPS) is 24.3. The second kappa shape index (κ2) is 7.48. The van der Waals surface area contributed by atoms with E-state index in [-0.39, 0.29) is 29.0 Å². The highest BCUT2D eigenvalue weighted by atomic mass is 19.4. The van der Waals surface area contributed by atoms with Crippen molar-refractivity contribution >= 4 is 22.8 Å². The Kier molecular flexibility index (Phi) is 5.37. The number of fused-ring (bicyclic) bond motifs is 1. The first-order chi connectivity index (χ1) is 13.6. The Bertz CT molecular complexity index is 998. The Balaban J connectivity index is 1.97. The lowest BCUT2D eigenvalue weighted by Gasteiger charge is -2.28. The first kappa shape index (κ1) is 20.8. The van der Waals surface area contributed by atoms with Gasteiger partial charge in [0.2, 0.25) is 0 Å². The summed E-state index contributed by atoms with van der Waals surface area (Å²) in [5.41, 5.74) is 4.07. The number of nitrogens with one attached hydrogen (secondary N) is 1. The zero-order valence-electron chi connectivity index (χ0n) is 14.6. The van der Waals surface area contributed by atoms with E-state index in [0.29, 0.717) is 0 Å². The summed E-state index contributed by atoms with van der Waals surface area (Å²) >= 11 is 0. The Morgan fingerprint density at radius 3 is 2.83 bits per heavy atom. The van der Waals surface area contributed by atoms with Gasteiger partial charge in [-0.2, -0.15) is 13.2 Å². The molecule has 1 saturated heterocycles. The first-order valence-corrected chi connectivity index (χ1v) is 8.18. The Hall–Kier alpha value is -2.92. The molecule has 1 amide bonds. The third-order valence-corrected chi connectivity index (χ3v) is 4.36. The average molecular weight is 415 g/mol. The third kappa shape index (κ3) is 3.70. The minimum absolute atomic E-state index is 0.0203. The van der Waals surface area contributed by atoms with Crippen LogP contribution >= 0.6 is 0 Å². The number of alkyl halides is 3. The quantitative estimate of drug-likeness (QED) is 0.377. The molecular weight excluding hydrogens is 399 g/mol. The molecule has 0 bridgehead atoms. The van der Waals surface area contributed by atoms with E-state index in [9.17, 15) is 33.3 Å². The molecule has 1 aliphatic rings. The summed E-state index contributed by atoms with van der Waals surface area (Å²) < 4.78 is 42.9. The zero-order chi connectivity index (χ0) is 21.4. The molecule has 156 valence electrons. The molecule has 13 heteroatoms.